The molecule has 0 saturated carbocycles. The van der Waals surface area contributed by atoms with Crippen molar-refractivity contribution in [2.24, 2.45) is 0 Å². The summed E-state index contributed by atoms with van der Waals surface area (Å²) in [5.74, 6) is -4.55. The van der Waals surface area contributed by atoms with Crippen LogP contribution in [0.2, 0.25) is 0 Å². The number of carbonyl (C=O) groups excluding carboxylic acids is 1. The van der Waals surface area contributed by atoms with Gasteiger partial charge in [-0.15, -0.1) is 0 Å². The first kappa shape index (κ1) is 18.8. The van der Waals surface area contributed by atoms with Crippen LogP contribution < -0.4 is 0 Å². The van der Waals surface area contributed by atoms with Crippen molar-refractivity contribution in [3.63, 3.8) is 0 Å². The molecule has 0 aliphatic rings. The zero-order chi connectivity index (χ0) is 14.4. The molecule has 0 atom stereocenters. The Morgan fingerprint density at radius 1 is 1.00 bits per heavy atom. The molecule has 11 heteroatoms. The number of carboxylic acids is 1. The van der Waals surface area contributed by atoms with E-state index in [1.54, 1.807) is 0 Å². The lowest BCUT2D eigenvalue weighted by Crippen LogP contribution is -2.24. The summed E-state index contributed by atoms with van der Waals surface area (Å²) in [6.07, 6.45) is -10.5. The summed E-state index contributed by atoms with van der Waals surface area (Å²) in [5.41, 5.74) is 0. The Morgan fingerprint density at radius 3 is 1.35 bits per heavy atom. The minimum atomic E-state index is -5.08. The van der Waals surface area contributed by atoms with Gasteiger partial charge in [0.1, 0.15) is 0 Å². The normalized spacial score (nSPS) is 11.8. The van der Waals surface area contributed by atoms with Gasteiger partial charge in [-0.25, -0.2) is 4.79 Å². The van der Waals surface area contributed by atoms with Gasteiger partial charge >= 0.3 is 18.3 Å². The molecular weight excluding hydrogens is 298 g/mol. The minimum absolute atomic E-state index is 0.685. The number of Topliss-reactive ketones (excluding diaryl/α,β-unsaturated/α-hetero) is 1. The van der Waals surface area contributed by atoms with Crippen molar-refractivity contribution in [3.05, 3.63) is 0 Å². The fourth-order valence-electron chi connectivity index (χ4n) is 0.282. The topological polar surface area (TPSA) is 54.4 Å². The van der Waals surface area contributed by atoms with E-state index in [9.17, 15) is 31.1 Å². The maximum absolute atomic E-state index is 11.4. The zero-order valence-electron chi connectivity index (χ0n) is 7.71. The second-order valence-corrected chi connectivity index (χ2v) is 4.06. The largest absolute Gasteiger partial charge is 0.490 e. The molecule has 0 aromatic heterocycles. The van der Waals surface area contributed by atoms with E-state index in [1.165, 1.54) is 0 Å². The van der Waals surface area contributed by atoms with Gasteiger partial charge in [0.2, 0.25) is 5.78 Å². The molecule has 0 amide bonds. The predicted octanol–water partition coefficient (Wildman–Crippen LogP) is 2.33. The fraction of sp³-hybridized carbons (Fsp3) is 0.667. The van der Waals surface area contributed by atoms with Gasteiger partial charge in [-0.2, -0.15) is 51.6 Å². The molecule has 0 unspecified atom stereocenters. The number of aliphatic carboxylic acids is 1. The summed E-state index contributed by atoms with van der Waals surface area (Å²) in [4.78, 5) is 18.9. The van der Waals surface area contributed by atoms with Gasteiger partial charge in [-0.05, 0) is 0 Å². The van der Waals surface area contributed by atoms with E-state index in [2.05, 4.69) is 25.3 Å². The standard InChI is InChI=1S/C4H5F3OS2.C2HF3O2/c5-4(6,7)2(8)1-3(9)10;3-2(4,5)1(6)7/h3,9-10H,1H2;(H,6,7). The molecule has 0 fully saturated rings. The van der Waals surface area contributed by atoms with Crippen LogP contribution in [-0.4, -0.2) is 33.8 Å². The third-order valence-electron chi connectivity index (χ3n) is 0.927. The molecule has 3 nitrogen and oxygen atoms in total. The lowest BCUT2D eigenvalue weighted by molar-refractivity contribution is -0.192. The summed E-state index contributed by atoms with van der Waals surface area (Å²) in [5, 5.41) is 7.12. The Bertz CT molecular complexity index is 272. The molecular formula is C6H6F6O3S2. The van der Waals surface area contributed by atoms with E-state index in [0.29, 0.717) is 0 Å². The lowest BCUT2D eigenvalue weighted by Gasteiger charge is -2.05. The van der Waals surface area contributed by atoms with Crippen LogP contribution in [0.15, 0.2) is 0 Å². The van der Waals surface area contributed by atoms with Gasteiger partial charge in [-0.3, -0.25) is 4.79 Å². The monoisotopic (exact) mass is 304 g/mol. The maximum atomic E-state index is 11.4. The molecule has 0 heterocycles. The third kappa shape index (κ3) is 11.7. The molecule has 0 aromatic rings. The van der Waals surface area contributed by atoms with E-state index in [0.717, 1.165) is 0 Å². The van der Waals surface area contributed by atoms with Crippen LogP contribution in [0.4, 0.5) is 26.3 Å². The number of halogens is 6. The average Bonchev–Trinajstić information content (AvgIpc) is 1.99. The Morgan fingerprint density at radius 2 is 1.29 bits per heavy atom. The molecule has 102 valence electrons. The molecule has 0 aromatic carbocycles. The highest BCUT2D eigenvalue weighted by Crippen LogP contribution is 2.20. The van der Waals surface area contributed by atoms with Crippen LogP contribution in [0.5, 0.6) is 0 Å². The van der Waals surface area contributed by atoms with Crippen LogP contribution in [0.25, 0.3) is 0 Å². The Kier molecular flexibility index (Phi) is 7.72. The first-order valence-electron chi connectivity index (χ1n) is 3.54. The lowest BCUT2D eigenvalue weighted by atomic mass is 10.3. The highest BCUT2D eigenvalue weighted by Gasteiger charge is 2.38. The smallest absolute Gasteiger partial charge is 0.475 e. The minimum Gasteiger partial charge on any atom is -0.475 e. The van der Waals surface area contributed by atoms with Crippen LogP contribution in [0, 0.1) is 0 Å². The second kappa shape index (κ2) is 6.99. The SMILES string of the molecule is O=C(CC(S)S)C(F)(F)F.O=C(O)C(F)(F)F. The second-order valence-electron chi connectivity index (χ2n) is 2.41. The van der Waals surface area contributed by atoms with Crippen LogP contribution in [0.1, 0.15) is 6.42 Å². The van der Waals surface area contributed by atoms with Gasteiger partial charge < -0.3 is 5.11 Å². The molecule has 0 saturated heterocycles. The quantitative estimate of drug-likeness (QED) is 0.417. The number of ketones is 1. The highest BCUT2D eigenvalue weighted by atomic mass is 32.2. The maximum Gasteiger partial charge on any atom is 0.490 e. The van der Waals surface area contributed by atoms with E-state index in [-0.39, 0.29) is 0 Å². The number of hydrogen-bond donors (Lipinski definition) is 3. The Labute approximate surface area is 102 Å². The molecule has 0 bridgehead atoms. The van der Waals surface area contributed by atoms with Crippen molar-refractivity contribution in [2.45, 2.75) is 23.4 Å². The van der Waals surface area contributed by atoms with Crippen molar-refractivity contribution < 1.29 is 41.0 Å². The van der Waals surface area contributed by atoms with Crippen molar-refractivity contribution in [3.8, 4) is 0 Å². The number of thiol groups is 2. The summed E-state index contributed by atoms with van der Waals surface area (Å²) < 4.78 is 65.1. The predicted molar refractivity (Wildman–Crippen MR) is 51.1 cm³/mol. The zero-order valence-corrected chi connectivity index (χ0v) is 9.50. The van der Waals surface area contributed by atoms with E-state index in [1.807, 2.05) is 0 Å². The molecule has 0 rings (SSSR count). The van der Waals surface area contributed by atoms with E-state index < -0.39 is 35.1 Å². The molecule has 1 N–H and O–H groups in total. The molecule has 17 heavy (non-hydrogen) atoms. The van der Waals surface area contributed by atoms with E-state index in [4.69, 9.17) is 9.90 Å². The average molecular weight is 304 g/mol. The van der Waals surface area contributed by atoms with Crippen molar-refractivity contribution >= 4 is 37.0 Å². The number of carbonyl (C=O) groups is 2. The van der Waals surface area contributed by atoms with E-state index >= 15 is 0 Å². The number of hydrogen-bond acceptors (Lipinski definition) is 4. The van der Waals surface area contributed by atoms with Crippen molar-refractivity contribution in [2.75, 3.05) is 0 Å². The summed E-state index contributed by atoms with van der Waals surface area (Å²) in [6.45, 7) is 0. The van der Waals surface area contributed by atoms with Crippen molar-refractivity contribution in [1.82, 2.24) is 0 Å². The van der Waals surface area contributed by atoms with Crippen molar-refractivity contribution in [1.29, 1.82) is 0 Å². The summed E-state index contributed by atoms with van der Waals surface area (Å²) >= 11 is 7.03. The number of alkyl halides is 6. The van der Waals surface area contributed by atoms with Crippen LogP contribution in [0.3, 0.4) is 0 Å². The van der Waals surface area contributed by atoms with Gasteiger partial charge in [0.25, 0.3) is 0 Å². The van der Waals surface area contributed by atoms with Crippen LogP contribution >= 0.6 is 25.3 Å². The number of carboxylic acid groups (broad SMARTS) is 1. The fourth-order valence-corrected chi connectivity index (χ4v) is 0.613. The van der Waals surface area contributed by atoms with Gasteiger partial charge in [0.15, 0.2) is 0 Å². The summed E-state index contributed by atoms with van der Waals surface area (Å²) in [6, 6.07) is 0. The molecule has 0 aliphatic carbocycles. The molecule has 0 aliphatic heterocycles. The van der Waals surface area contributed by atoms with Gasteiger partial charge in [0.05, 0.1) is 4.58 Å². The highest BCUT2D eigenvalue weighted by molar-refractivity contribution is 7.99. The molecule has 0 radical (unpaired) electrons. The molecule has 0 spiro atoms. The van der Waals surface area contributed by atoms with Gasteiger partial charge in [0, 0.05) is 6.42 Å². The first-order chi connectivity index (χ1) is 7.28. The first-order valence-corrected chi connectivity index (χ1v) is 4.58. The third-order valence-corrected chi connectivity index (χ3v) is 1.29. The van der Waals surface area contributed by atoms with Gasteiger partial charge in [-0.1, -0.05) is 0 Å². The van der Waals surface area contributed by atoms with Crippen LogP contribution in [-0.2, 0) is 9.59 Å². The Hall–Kier alpha value is -0.580. The Balaban J connectivity index is 0. The number of rotatable bonds is 2. The summed E-state index contributed by atoms with van der Waals surface area (Å²) in [7, 11) is 0.